The second-order valence-electron chi connectivity index (χ2n) is 3.75. The van der Waals surface area contributed by atoms with Crippen LogP contribution in [0.3, 0.4) is 0 Å². The number of Topliss-reactive ketones (excluding diaryl/α,β-unsaturated/α-hetero) is 1. The van der Waals surface area contributed by atoms with Crippen LogP contribution in [0.2, 0.25) is 0 Å². The molecule has 0 unspecified atom stereocenters. The van der Waals surface area contributed by atoms with E-state index >= 15 is 0 Å². The van der Waals surface area contributed by atoms with Crippen molar-refractivity contribution in [2.75, 3.05) is 0 Å². The molecule has 0 saturated carbocycles. The second-order valence-corrected chi connectivity index (χ2v) is 3.75. The van der Waals surface area contributed by atoms with E-state index in [1.54, 1.807) is 0 Å². The Labute approximate surface area is 88.6 Å². The minimum atomic E-state index is 0.353. The van der Waals surface area contributed by atoms with Crippen LogP contribution in [0.1, 0.15) is 65.7 Å². The number of hydrogen-bond acceptors (Lipinski definition) is 1. The third-order valence-electron chi connectivity index (χ3n) is 2.59. The van der Waals surface area contributed by atoms with Crippen LogP contribution in [-0.2, 0) is 4.79 Å². The molecule has 0 rings (SSSR count). The van der Waals surface area contributed by atoms with Crippen molar-refractivity contribution in [2.24, 2.45) is 0 Å². The standard InChI is InChI=1S/C13H24O/c1-4-7-8-9-10-11-13(14)12(5-2)6-3/h5H,4,6-11H2,1-3H3. The molecule has 82 valence electrons. The molecule has 0 bridgehead atoms. The maximum atomic E-state index is 11.6. The summed E-state index contributed by atoms with van der Waals surface area (Å²) in [6.45, 7) is 6.21. The molecule has 0 aliphatic rings. The molecule has 0 aromatic heterocycles. The Hall–Kier alpha value is -0.590. The first-order valence-corrected chi connectivity index (χ1v) is 5.94. The van der Waals surface area contributed by atoms with Gasteiger partial charge in [0.15, 0.2) is 5.78 Å². The van der Waals surface area contributed by atoms with Gasteiger partial charge < -0.3 is 0 Å². The lowest BCUT2D eigenvalue weighted by atomic mass is 10.0. The van der Waals surface area contributed by atoms with Gasteiger partial charge in [0, 0.05) is 6.42 Å². The van der Waals surface area contributed by atoms with Crippen LogP contribution >= 0.6 is 0 Å². The first kappa shape index (κ1) is 13.4. The highest BCUT2D eigenvalue weighted by Crippen LogP contribution is 2.10. The van der Waals surface area contributed by atoms with Gasteiger partial charge in [0.2, 0.25) is 0 Å². The number of ketones is 1. The quantitative estimate of drug-likeness (QED) is 0.418. The van der Waals surface area contributed by atoms with Crippen molar-refractivity contribution in [3.63, 3.8) is 0 Å². The van der Waals surface area contributed by atoms with E-state index in [-0.39, 0.29) is 0 Å². The van der Waals surface area contributed by atoms with Crippen LogP contribution in [-0.4, -0.2) is 5.78 Å². The minimum absolute atomic E-state index is 0.353. The third-order valence-corrected chi connectivity index (χ3v) is 2.59. The lowest BCUT2D eigenvalue weighted by molar-refractivity contribution is -0.115. The van der Waals surface area contributed by atoms with Crippen molar-refractivity contribution in [1.82, 2.24) is 0 Å². The molecular formula is C13H24O. The van der Waals surface area contributed by atoms with Crippen LogP contribution < -0.4 is 0 Å². The fourth-order valence-electron chi connectivity index (χ4n) is 1.61. The normalized spacial score (nSPS) is 11.8. The number of carbonyl (C=O) groups is 1. The fraction of sp³-hybridized carbons (Fsp3) is 0.769. The van der Waals surface area contributed by atoms with Crippen LogP contribution in [0.4, 0.5) is 0 Å². The summed E-state index contributed by atoms with van der Waals surface area (Å²) < 4.78 is 0. The summed E-state index contributed by atoms with van der Waals surface area (Å²) >= 11 is 0. The predicted molar refractivity (Wildman–Crippen MR) is 62.4 cm³/mol. The molecule has 0 radical (unpaired) electrons. The van der Waals surface area contributed by atoms with Crippen molar-refractivity contribution in [3.05, 3.63) is 11.6 Å². The predicted octanol–water partition coefficient (Wildman–Crippen LogP) is 4.27. The van der Waals surface area contributed by atoms with Gasteiger partial charge in [-0.3, -0.25) is 4.79 Å². The average Bonchev–Trinajstić information content (AvgIpc) is 2.19. The van der Waals surface area contributed by atoms with Crippen LogP contribution in [0, 0.1) is 0 Å². The van der Waals surface area contributed by atoms with Crippen molar-refractivity contribution in [1.29, 1.82) is 0 Å². The number of hydrogen-bond donors (Lipinski definition) is 0. The molecule has 0 amide bonds. The summed E-state index contributed by atoms with van der Waals surface area (Å²) in [5, 5.41) is 0. The molecule has 14 heavy (non-hydrogen) atoms. The van der Waals surface area contributed by atoms with Gasteiger partial charge >= 0.3 is 0 Å². The van der Waals surface area contributed by atoms with E-state index in [2.05, 4.69) is 6.92 Å². The number of rotatable bonds is 8. The van der Waals surface area contributed by atoms with Gasteiger partial charge in [-0.25, -0.2) is 0 Å². The Kier molecular flexibility index (Phi) is 8.61. The summed E-state index contributed by atoms with van der Waals surface area (Å²) in [4.78, 5) is 11.6. The molecule has 0 aromatic rings. The number of allylic oxidation sites excluding steroid dienone is 2. The fourth-order valence-corrected chi connectivity index (χ4v) is 1.61. The Bertz CT molecular complexity index is 180. The van der Waals surface area contributed by atoms with Crippen molar-refractivity contribution in [3.8, 4) is 0 Å². The molecule has 0 saturated heterocycles. The maximum Gasteiger partial charge on any atom is 0.158 e. The third kappa shape index (κ3) is 5.95. The summed E-state index contributed by atoms with van der Waals surface area (Å²) in [6, 6.07) is 0. The van der Waals surface area contributed by atoms with E-state index in [9.17, 15) is 4.79 Å². The SMILES string of the molecule is CC=C(CC)C(=O)CCCCCCC. The molecule has 0 fully saturated rings. The Morgan fingerprint density at radius 1 is 1.07 bits per heavy atom. The maximum absolute atomic E-state index is 11.6. The Balaban J connectivity index is 3.53. The lowest BCUT2D eigenvalue weighted by Crippen LogP contribution is -2.01. The van der Waals surface area contributed by atoms with Crippen LogP contribution in [0.25, 0.3) is 0 Å². The zero-order chi connectivity index (χ0) is 10.8. The van der Waals surface area contributed by atoms with E-state index in [4.69, 9.17) is 0 Å². The van der Waals surface area contributed by atoms with Gasteiger partial charge in [0.05, 0.1) is 0 Å². The molecule has 1 nitrogen and oxygen atoms in total. The van der Waals surface area contributed by atoms with Gasteiger partial charge in [0.25, 0.3) is 0 Å². The highest BCUT2D eigenvalue weighted by molar-refractivity contribution is 5.95. The largest absolute Gasteiger partial charge is 0.295 e. The molecule has 0 aromatic carbocycles. The topological polar surface area (TPSA) is 17.1 Å². The lowest BCUT2D eigenvalue weighted by Gasteiger charge is -2.02. The summed E-state index contributed by atoms with van der Waals surface area (Å²) in [6.07, 6.45) is 9.70. The first-order chi connectivity index (χ1) is 6.76. The molecule has 0 aliphatic carbocycles. The minimum Gasteiger partial charge on any atom is -0.295 e. The Morgan fingerprint density at radius 2 is 1.71 bits per heavy atom. The summed E-state index contributed by atoms with van der Waals surface area (Å²) in [5.41, 5.74) is 1.00. The monoisotopic (exact) mass is 196 g/mol. The smallest absolute Gasteiger partial charge is 0.158 e. The molecular weight excluding hydrogens is 172 g/mol. The van der Waals surface area contributed by atoms with Crippen molar-refractivity contribution in [2.45, 2.75) is 65.7 Å². The molecule has 0 atom stereocenters. The second kappa shape index (κ2) is 8.98. The number of unbranched alkanes of at least 4 members (excludes halogenated alkanes) is 4. The van der Waals surface area contributed by atoms with Gasteiger partial charge in [0.1, 0.15) is 0 Å². The molecule has 0 aliphatic heterocycles. The van der Waals surface area contributed by atoms with Gasteiger partial charge in [-0.05, 0) is 25.3 Å². The van der Waals surface area contributed by atoms with E-state index < -0.39 is 0 Å². The number of carbonyl (C=O) groups excluding carboxylic acids is 1. The summed E-state index contributed by atoms with van der Waals surface area (Å²) in [7, 11) is 0. The molecule has 0 spiro atoms. The molecule has 0 N–H and O–H groups in total. The van der Waals surface area contributed by atoms with Crippen molar-refractivity contribution >= 4 is 5.78 Å². The molecule has 1 heteroatoms. The van der Waals surface area contributed by atoms with E-state index in [1.807, 2.05) is 19.9 Å². The van der Waals surface area contributed by atoms with E-state index in [1.165, 1.54) is 25.7 Å². The van der Waals surface area contributed by atoms with Gasteiger partial charge in [-0.15, -0.1) is 0 Å². The van der Waals surface area contributed by atoms with Crippen LogP contribution in [0.5, 0.6) is 0 Å². The zero-order valence-electron chi connectivity index (χ0n) is 9.94. The highest BCUT2D eigenvalue weighted by Gasteiger charge is 2.05. The zero-order valence-corrected chi connectivity index (χ0v) is 9.94. The van der Waals surface area contributed by atoms with Gasteiger partial charge in [-0.2, -0.15) is 0 Å². The van der Waals surface area contributed by atoms with E-state index in [0.717, 1.165) is 24.8 Å². The summed E-state index contributed by atoms with van der Waals surface area (Å²) in [5.74, 6) is 0.353. The van der Waals surface area contributed by atoms with E-state index in [0.29, 0.717) is 5.78 Å². The van der Waals surface area contributed by atoms with Crippen LogP contribution in [0.15, 0.2) is 11.6 Å². The average molecular weight is 196 g/mol. The highest BCUT2D eigenvalue weighted by atomic mass is 16.1. The van der Waals surface area contributed by atoms with Crippen molar-refractivity contribution < 1.29 is 4.79 Å². The molecule has 0 heterocycles. The van der Waals surface area contributed by atoms with Gasteiger partial charge in [-0.1, -0.05) is 45.6 Å². The first-order valence-electron chi connectivity index (χ1n) is 5.94. The Morgan fingerprint density at radius 3 is 2.21 bits per heavy atom.